The van der Waals surface area contributed by atoms with Gasteiger partial charge in [-0.25, -0.2) is 0 Å². The fourth-order valence-electron chi connectivity index (χ4n) is 3.04. The second kappa shape index (κ2) is 6.27. The fraction of sp³-hybridized carbons (Fsp3) is 0.211. The molecule has 130 valence electrons. The number of carboxylic acids is 1. The van der Waals surface area contributed by atoms with Crippen molar-refractivity contribution in [3.05, 3.63) is 59.2 Å². The third kappa shape index (κ3) is 3.24. The van der Waals surface area contributed by atoms with Crippen LogP contribution in [-0.4, -0.2) is 16.1 Å². The summed E-state index contributed by atoms with van der Waals surface area (Å²) in [5, 5.41) is 10.0. The number of aromatic amines is 1. The van der Waals surface area contributed by atoms with Crippen molar-refractivity contribution in [1.29, 1.82) is 0 Å². The van der Waals surface area contributed by atoms with Gasteiger partial charge in [-0.2, -0.15) is 13.2 Å². The molecule has 0 spiro atoms. The Bertz CT molecular complexity index is 924. The Morgan fingerprint density at radius 1 is 1.12 bits per heavy atom. The number of fused-ring (bicyclic) bond motifs is 1. The second-order valence-corrected chi connectivity index (χ2v) is 5.82. The molecule has 0 bridgehead atoms. The zero-order chi connectivity index (χ0) is 18.2. The van der Waals surface area contributed by atoms with Gasteiger partial charge < -0.3 is 10.1 Å². The number of rotatable bonds is 4. The maximum absolute atomic E-state index is 12.8. The van der Waals surface area contributed by atoms with Crippen molar-refractivity contribution in [2.45, 2.75) is 25.9 Å². The second-order valence-electron chi connectivity index (χ2n) is 5.82. The fourth-order valence-corrected chi connectivity index (χ4v) is 3.04. The van der Waals surface area contributed by atoms with Gasteiger partial charge in [0.15, 0.2) is 0 Å². The smallest absolute Gasteiger partial charge is 0.416 e. The molecule has 1 aromatic heterocycles. The summed E-state index contributed by atoms with van der Waals surface area (Å²) < 4.78 is 38.3. The molecule has 6 heteroatoms. The van der Waals surface area contributed by atoms with Gasteiger partial charge in [0.25, 0.3) is 0 Å². The van der Waals surface area contributed by atoms with Crippen molar-refractivity contribution in [2.75, 3.05) is 0 Å². The summed E-state index contributed by atoms with van der Waals surface area (Å²) in [7, 11) is 0. The topological polar surface area (TPSA) is 53.1 Å². The monoisotopic (exact) mass is 347 g/mol. The molecule has 0 unspecified atom stereocenters. The number of aryl methyl sites for hydroxylation is 1. The first-order valence-corrected chi connectivity index (χ1v) is 7.83. The van der Waals surface area contributed by atoms with E-state index in [-0.39, 0.29) is 6.42 Å². The number of aromatic nitrogens is 1. The highest BCUT2D eigenvalue weighted by Gasteiger charge is 2.30. The van der Waals surface area contributed by atoms with Crippen molar-refractivity contribution in [2.24, 2.45) is 0 Å². The molecule has 2 N–H and O–H groups in total. The molecular formula is C19H16F3NO2. The van der Waals surface area contributed by atoms with E-state index in [2.05, 4.69) is 4.98 Å². The van der Waals surface area contributed by atoms with Crippen LogP contribution in [0.5, 0.6) is 0 Å². The molecule has 0 amide bonds. The predicted molar refractivity (Wildman–Crippen MR) is 89.5 cm³/mol. The molecule has 0 aliphatic carbocycles. The number of carboxylic acid groups (broad SMARTS) is 1. The van der Waals surface area contributed by atoms with Crippen LogP contribution in [0.2, 0.25) is 0 Å². The molecule has 0 atom stereocenters. The Morgan fingerprint density at radius 3 is 2.36 bits per heavy atom. The number of H-pyrrole nitrogens is 1. The van der Waals surface area contributed by atoms with Crippen molar-refractivity contribution >= 4 is 16.9 Å². The average molecular weight is 347 g/mol. The summed E-state index contributed by atoms with van der Waals surface area (Å²) >= 11 is 0. The lowest BCUT2D eigenvalue weighted by Crippen LogP contribution is -2.04. The first-order chi connectivity index (χ1) is 11.8. The van der Waals surface area contributed by atoms with Gasteiger partial charge in [0.2, 0.25) is 0 Å². The van der Waals surface area contributed by atoms with Crippen molar-refractivity contribution < 1.29 is 23.1 Å². The van der Waals surface area contributed by atoms with Crippen LogP contribution >= 0.6 is 0 Å². The molecule has 3 aromatic rings. The van der Waals surface area contributed by atoms with E-state index in [9.17, 15) is 23.1 Å². The Balaban J connectivity index is 2.19. The number of alkyl halides is 3. The van der Waals surface area contributed by atoms with Crippen LogP contribution in [-0.2, 0) is 23.8 Å². The van der Waals surface area contributed by atoms with Crippen molar-refractivity contribution in [1.82, 2.24) is 4.98 Å². The summed E-state index contributed by atoms with van der Waals surface area (Å²) in [6.07, 6.45) is -3.85. The lowest BCUT2D eigenvalue weighted by molar-refractivity contribution is -0.138. The van der Waals surface area contributed by atoms with Gasteiger partial charge in [-0.1, -0.05) is 37.3 Å². The van der Waals surface area contributed by atoms with Crippen LogP contribution < -0.4 is 0 Å². The number of benzene rings is 2. The highest BCUT2D eigenvalue weighted by atomic mass is 19.4. The maximum atomic E-state index is 12.8. The Hall–Kier alpha value is -2.76. The highest BCUT2D eigenvalue weighted by Crippen LogP contribution is 2.35. The highest BCUT2D eigenvalue weighted by molar-refractivity contribution is 5.95. The number of nitrogens with one attached hydrogen (secondary N) is 1. The molecule has 0 saturated heterocycles. The van der Waals surface area contributed by atoms with Gasteiger partial charge in [0, 0.05) is 10.9 Å². The SMILES string of the molecule is CCc1cccc2c(CC(=O)O)c(-c3ccc(C(F)(F)F)cc3)[nH]c12. The first kappa shape index (κ1) is 17.1. The first-order valence-electron chi connectivity index (χ1n) is 7.83. The average Bonchev–Trinajstić information content (AvgIpc) is 2.92. The minimum atomic E-state index is -4.40. The van der Waals surface area contributed by atoms with E-state index in [4.69, 9.17) is 0 Å². The molecule has 0 aliphatic heterocycles. The van der Waals surface area contributed by atoms with Crippen LogP contribution in [0.25, 0.3) is 22.2 Å². The van der Waals surface area contributed by atoms with Gasteiger partial charge in [-0.05, 0) is 35.2 Å². The third-order valence-corrected chi connectivity index (χ3v) is 4.24. The number of hydrogen-bond acceptors (Lipinski definition) is 1. The molecule has 3 rings (SSSR count). The number of aliphatic carboxylic acids is 1. The van der Waals surface area contributed by atoms with Crippen LogP contribution in [0, 0.1) is 0 Å². The lowest BCUT2D eigenvalue weighted by atomic mass is 10.0. The minimum absolute atomic E-state index is 0.205. The normalized spacial score (nSPS) is 11.8. The molecule has 0 saturated carbocycles. The van der Waals surface area contributed by atoms with E-state index in [1.807, 2.05) is 25.1 Å². The van der Waals surface area contributed by atoms with E-state index >= 15 is 0 Å². The van der Waals surface area contributed by atoms with Gasteiger partial charge >= 0.3 is 12.1 Å². The maximum Gasteiger partial charge on any atom is 0.416 e. The molecule has 0 aliphatic rings. The number of para-hydroxylation sites is 1. The van der Waals surface area contributed by atoms with Gasteiger partial charge in [0.05, 0.1) is 17.7 Å². The van der Waals surface area contributed by atoms with E-state index in [0.29, 0.717) is 16.8 Å². The van der Waals surface area contributed by atoms with E-state index in [1.165, 1.54) is 12.1 Å². The molecular weight excluding hydrogens is 331 g/mol. The zero-order valence-corrected chi connectivity index (χ0v) is 13.4. The van der Waals surface area contributed by atoms with Crippen LogP contribution in [0.1, 0.15) is 23.6 Å². The summed E-state index contributed by atoms with van der Waals surface area (Å²) in [5.41, 5.74) is 2.78. The largest absolute Gasteiger partial charge is 0.481 e. The molecule has 1 heterocycles. The lowest BCUT2D eigenvalue weighted by Gasteiger charge is -2.08. The standard InChI is InChI=1S/C19H16F3NO2/c1-2-11-4-3-5-14-15(10-16(24)25)18(23-17(11)14)12-6-8-13(9-7-12)19(20,21)22/h3-9,23H,2,10H2,1H3,(H,24,25). The summed E-state index contributed by atoms with van der Waals surface area (Å²) in [4.78, 5) is 14.5. The number of carbonyl (C=O) groups is 1. The summed E-state index contributed by atoms with van der Waals surface area (Å²) in [5.74, 6) is -0.990. The van der Waals surface area contributed by atoms with Crippen molar-refractivity contribution in [3.8, 4) is 11.3 Å². The summed E-state index contributed by atoms with van der Waals surface area (Å²) in [6, 6.07) is 10.4. The quantitative estimate of drug-likeness (QED) is 0.694. The van der Waals surface area contributed by atoms with Crippen LogP contribution in [0.15, 0.2) is 42.5 Å². The van der Waals surface area contributed by atoms with E-state index in [1.54, 1.807) is 0 Å². The Labute approximate surface area is 142 Å². The molecule has 3 nitrogen and oxygen atoms in total. The number of hydrogen-bond donors (Lipinski definition) is 2. The molecule has 0 fully saturated rings. The minimum Gasteiger partial charge on any atom is -0.481 e. The van der Waals surface area contributed by atoms with Gasteiger partial charge in [-0.15, -0.1) is 0 Å². The van der Waals surface area contributed by atoms with Gasteiger partial charge in [0.1, 0.15) is 0 Å². The van der Waals surface area contributed by atoms with Crippen LogP contribution in [0.4, 0.5) is 13.2 Å². The molecule has 25 heavy (non-hydrogen) atoms. The van der Waals surface area contributed by atoms with E-state index in [0.717, 1.165) is 35.0 Å². The Kier molecular flexibility index (Phi) is 4.29. The zero-order valence-electron chi connectivity index (χ0n) is 13.4. The van der Waals surface area contributed by atoms with Crippen molar-refractivity contribution in [3.63, 3.8) is 0 Å². The predicted octanol–water partition coefficient (Wildman–Crippen LogP) is 5.04. The molecule has 2 aromatic carbocycles. The van der Waals surface area contributed by atoms with E-state index < -0.39 is 17.7 Å². The van der Waals surface area contributed by atoms with Crippen LogP contribution in [0.3, 0.4) is 0 Å². The summed E-state index contributed by atoms with van der Waals surface area (Å²) in [6.45, 7) is 1.99. The van der Waals surface area contributed by atoms with Gasteiger partial charge in [-0.3, -0.25) is 4.79 Å². The Morgan fingerprint density at radius 2 is 1.80 bits per heavy atom. The molecule has 0 radical (unpaired) electrons. The number of halogens is 3. The third-order valence-electron chi connectivity index (χ3n) is 4.24.